The van der Waals surface area contributed by atoms with Gasteiger partial charge in [0.05, 0.1) is 11.0 Å². The molecule has 0 aliphatic carbocycles. The molecule has 0 atom stereocenters. The van der Waals surface area contributed by atoms with Gasteiger partial charge < -0.3 is 10.6 Å². The first-order valence-corrected chi connectivity index (χ1v) is 5.99. The molecule has 7 heteroatoms. The zero-order chi connectivity index (χ0) is 14.4. The van der Waals surface area contributed by atoms with Gasteiger partial charge >= 0.3 is 0 Å². The van der Waals surface area contributed by atoms with Crippen LogP contribution in [0.25, 0.3) is 0 Å². The minimum Gasteiger partial charge on any atom is -0.378 e. The molecule has 2 N–H and O–H groups in total. The molecule has 0 bridgehead atoms. The highest BCUT2D eigenvalue weighted by Crippen LogP contribution is 2.24. The molecule has 0 fully saturated rings. The summed E-state index contributed by atoms with van der Waals surface area (Å²) in [6.45, 7) is 0.981. The highest BCUT2D eigenvalue weighted by atomic mass is 19.1. The van der Waals surface area contributed by atoms with Crippen molar-refractivity contribution in [1.29, 1.82) is 0 Å². The van der Waals surface area contributed by atoms with Gasteiger partial charge in [-0.2, -0.15) is 0 Å². The van der Waals surface area contributed by atoms with Crippen LogP contribution in [0.15, 0.2) is 42.6 Å². The first-order chi connectivity index (χ1) is 9.66. The van der Waals surface area contributed by atoms with E-state index in [4.69, 9.17) is 0 Å². The van der Waals surface area contributed by atoms with Crippen LogP contribution in [0.4, 0.5) is 21.6 Å². The molecule has 0 saturated heterocycles. The molecular formula is C13H13FN4O2. The summed E-state index contributed by atoms with van der Waals surface area (Å²) in [5.41, 5.74) is 0.0158. The van der Waals surface area contributed by atoms with Crippen molar-refractivity contribution >= 4 is 17.2 Å². The Labute approximate surface area is 114 Å². The lowest BCUT2D eigenvalue weighted by molar-refractivity contribution is -0.384. The number of hydrogen-bond donors (Lipinski definition) is 2. The van der Waals surface area contributed by atoms with Crippen LogP contribution in [0.5, 0.6) is 0 Å². The predicted molar refractivity (Wildman–Crippen MR) is 74.3 cm³/mol. The highest BCUT2D eigenvalue weighted by molar-refractivity contribution is 5.61. The number of anilines is 2. The lowest BCUT2D eigenvalue weighted by Crippen LogP contribution is -2.15. The van der Waals surface area contributed by atoms with Gasteiger partial charge in [0.15, 0.2) is 0 Å². The maximum absolute atomic E-state index is 13.0. The molecule has 0 radical (unpaired) electrons. The summed E-state index contributed by atoms with van der Waals surface area (Å²) in [5, 5.41) is 16.8. The largest absolute Gasteiger partial charge is 0.378 e. The van der Waals surface area contributed by atoms with Crippen molar-refractivity contribution in [1.82, 2.24) is 4.98 Å². The third-order valence-electron chi connectivity index (χ3n) is 2.57. The van der Waals surface area contributed by atoms with Gasteiger partial charge in [-0.1, -0.05) is 6.07 Å². The molecule has 0 amide bonds. The smallest absolute Gasteiger partial charge is 0.295 e. The summed E-state index contributed by atoms with van der Waals surface area (Å²) >= 11 is 0. The maximum Gasteiger partial charge on any atom is 0.295 e. The van der Waals surface area contributed by atoms with Gasteiger partial charge in [-0.25, -0.2) is 9.37 Å². The number of hydrogen-bond acceptors (Lipinski definition) is 5. The van der Waals surface area contributed by atoms with Crippen molar-refractivity contribution in [2.45, 2.75) is 0 Å². The topological polar surface area (TPSA) is 80.1 Å². The van der Waals surface area contributed by atoms with Gasteiger partial charge in [0.1, 0.15) is 17.3 Å². The fourth-order valence-electron chi connectivity index (χ4n) is 1.66. The number of nitro benzene ring substituents is 1. The molecule has 6 nitrogen and oxygen atoms in total. The Kier molecular flexibility index (Phi) is 4.43. The summed E-state index contributed by atoms with van der Waals surface area (Å²) in [4.78, 5) is 14.3. The Bertz CT molecular complexity index is 592. The van der Waals surface area contributed by atoms with Gasteiger partial charge in [-0.05, 0) is 24.3 Å². The number of pyridine rings is 1. The molecule has 2 rings (SSSR count). The molecule has 0 spiro atoms. The number of nitrogens with one attached hydrogen (secondary N) is 2. The van der Waals surface area contributed by atoms with Gasteiger partial charge in [-0.3, -0.25) is 10.1 Å². The lowest BCUT2D eigenvalue weighted by atomic mass is 10.2. The first kappa shape index (κ1) is 13.7. The molecule has 2 aromatic rings. The van der Waals surface area contributed by atoms with Crippen LogP contribution >= 0.6 is 0 Å². The van der Waals surface area contributed by atoms with Gasteiger partial charge in [-0.15, -0.1) is 0 Å². The van der Waals surface area contributed by atoms with Crippen LogP contribution in [-0.2, 0) is 0 Å². The van der Waals surface area contributed by atoms with Gasteiger partial charge in [0.25, 0.3) is 5.69 Å². The van der Waals surface area contributed by atoms with E-state index >= 15 is 0 Å². The molecular weight excluding hydrogens is 263 g/mol. The summed E-state index contributed by atoms with van der Waals surface area (Å²) in [5.74, 6) is 0.0942. The van der Waals surface area contributed by atoms with E-state index in [1.807, 2.05) is 18.2 Å². The van der Waals surface area contributed by atoms with E-state index in [0.29, 0.717) is 18.8 Å². The summed E-state index contributed by atoms with van der Waals surface area (Å²) in [6, 6.07) is 8.92. The zero-order valence-electron chi connectivity index (χ0n) is 10.5. The summed E-state index contributed by atoms with van der Waals surface area (Å²) in [6.07, 6.45) is 1.67. The van der Waals surface area contributed by atoms with Crippen molar-refractivity contribution in [2.24, 2.45) is 0 Å². The predicted octanol–water partition coefficient (Wildman–Crippen LogP) is 2.65. The lowest BCUT2D eigenvalue weighted by Gasteiger charge is -2.08. The van der Waals surface area contributed by atoms with Crippen molar-refractivity contribution < 1.29 is 9.31 Å². The van der Waals surface area contributed by atoms with Crippen molar-refractivity contribution in [3.8, 4) is 0 Å². The monoisotopic (exact) mass is 276 g/mol. The fourth-order valence-corrected chi connectivity index (χ4v) is 1.66. The number of halogens is 1. The second-order valence-corrected chi connectivity index (χ2v) is 3.99. The minimum atomic E-state index is -0.631. The second-order valence-electron chi connectivity index (χ2n) is 3.99. The van der Waals surface area contributed by atoms with Crippen molar-refractivity contribution in [3.63, 3.8) is 0 Å². The van der Waals surface area contributed by atoms with Crippen LogP contribution in [0, 0.1) is 15.9 Å². The number of aromatic nitrogens is 1. The summed E-state index contributed by atoms with van der Waals surface area (Å²) in [7, 11) is 0. The number of rotatable bonds is 6. The average molecular weight is 276 g/mol. The fraction of sp³-hybridized carbons (Fsp3) is 0.154. The number of nitro groups is 1. The van der Waals surface area contributed by atoms with Gasteiger partial charge in [0, 0.05) is 19.3 Å². The molecule has 0 unspecified atom stereocenters. The molecule has 1 aromatic carbocycles. The average Bonchev–Trinajstić information content (AvgIpc) is 2.45. The molecule has 104 valence electrons. The van der Waals surface area contributed by atoms with Crippen LogP contribution in [0.2, 0.25) is 0 Å². The Morgan fingerprint density at radius 1 is 1.20 bits per heavy atom. The van der Waals surface area contributed by atoms with Crippen LogP contribution in [-0.4, -0.2) is 23.0 Å². The number of benzene rings is 1. The third-order valence-corrected chi connectivity index (χ3v) is 2.57. The first-order valence-electron chi connectivity index (χ1n) is 5.99. The second kappa shape index (κ2) is 6.46. The SMILES string of the molecule is O=[N+]([O-])c1cc(F)ccc1NCCNc1ccccn1. The Morgan fingerprint density at radius 3 is 2.70 bits per heavy atom. The molecule has 1 aromatic heterocycles. The van der Waals surface area contributed by atoms with Gasteiger partial charge in [0.2, 0.25) is 0 Å². The van der Waals surface area contributed by atoms with Crippen molar-refractivity contribution in [2.75, 3.05) is 23.7 Å². The van der Waals surface area contributed by atoms with E-state index in [-0.39, 0.29) is 5.69 Å². The van der Waals surface area contributed by atoms with E-state index in [1.165, 1.54) is 12.1 Å². The Morgan fingerprint density at radius 2 is 2.00 bits per heavy atom. The Balaban J connectivity index is 1.90. The van der Waals surface area contributed by atoms with E-state index < -0.39 is 10.7 Å². The van der Waals surface area contributed by atoms with E-state index in [1.54, 1.807) is 6.20 Å². The normalized spacial score (nSPS) is 10.1. The minimum absolute atomic E-state index is 0.275. The molecule has 20 heavy (non-hydrogen) atoms. The molecule has 0 saturated carbocycles. The van der Waals surface area contributed by atoms with Crippen LogP contribution in [0.3, 0.4) is 0 Å². The standard InChI is InChI=1S/C13H13FN4O2/c14-10-4-5-11(12(9-10)18(19)20)15-7-8-17-13-3-1-2-6-16-13/h1-6,9,15H,7-8H2,(H,16,17). The van der Waals surface area contributed by atoms with E-state index in [9.17, 15) is 14.5 Å². The van der Waals surface area contributed by atoms with E-state index in [2.05, 4.69) is 15.6 Å². The molecule has 0 aliphatic rings. The molecule has 1 heterocycles. The maximum atomic E-state index is 13.0. The van der Waals surface area contributed by atoms with Crippen molar-refractivity contribution in [3.05, 3.63) is 58.5 Å². The zero-order valence-corrected chi connectivity index (χ0v) is 10.5. The van der Waals surface area contributed by atoms with Crippen LogP contribution in [0.1, 0.15) is 0 Å². The molecule has 0 aliphatic heterocycles. The van der Waals surface area contributed by atoms with Crippen LogP contribution < -0.4 is 10.6 Å². The third kappa shape index (κ3) is 3.64. The highest BCUT2D eigenvalue weighted by Gasteiger charge is 2.14. The quantitative estimate of drug-likeness (QED) is 0.481. The van der Waals surface area contributed by atoms with E-state index in [0.717, 1.165) is 11.9 Å². The summed E-state index contributed by atoms with van der Waals surface area (Å²) < 4.78 is 13.0. The number of nitrogens with zero attached hydrogens (tertiary/aromatic N) is 2. The Hall–Kier alpha value is -2.70.